The summed E-state index contributed by atoms with van der Waals surface area (Å²) in [6.07, 6.45) is 7.49. The lowest BCUT2D eigenvalue weighted by Gasteiger charge is -2.29. The third-order valence-corrected chi connectivity index (χ3v) is 4.80. The molecule has 0 unspecified atom stereocenters. The fourth-order valence-electron chi connectivity index (χ4n) is 2.89. The van der Waals surface area contributed by atoms with Crippen LogP contribution >= 0.6 is 11.3 Å². The van der Waals surface area contributed by atoms with Crippen LogP contribution in [0.3, 0.4) is 0 Å². The van der Waals surface area contributed by atoms with Crippen LogP contribution in [0.2, 0.25) is 0 Å². The van der Waals surface area contributed by atoms with E-state index in [1.165, 1.54) is 43.4 Å². The number of hydrogen-bond donors (Lipinski definition) is 1. The van der Waals surface area contributed by atoms with Crippen LogP contribution in [0, 0.1) is 5.92 Å². The lowest BCUT2D eigenvalue weighted by atomic mass is 9.89. The van der Waals surface area contributed by atoms with Gasteiger partial charge in [-0.2, -0.15) is 0 Å². The van der Waals surface area contributed by atoms with Gasteiger partial charge in [0.15, 0.2) is 0 Å². The predicted molar refractivity (Wildman–Crippen MR) is 82.8 cm³/mol. The molecule has 0 saturated heterocycles. The molecule has 2 rings (SSSR count). The van der Waals surface area contributed by atoms with Gasteiger partial charge < -0.3 is 10.6 Å². The lowest BCUT2D eigenvalue weighted by Crippen LogP contribution is -2.36. The van der Waals surface area contributed by atoms with Gasteiger partial charge >= 0.3 is 0 Å². The molecule has 112 valence electrons. The number of rotatable bonds is 6. The van der Waals surface area contributed by atoms with Crippen molar-refractivity contribution in [1.29, 1.82) is 0 Å². The first-order chi connectivity index (χ1) is 9.74. The fourth-order valence-corrected chi connectivity index (χ4v) is 3.54. The minimum absolute atomic E-state index is 0.0772. The van der Waals surface area contributed by atoms with Crippen LogP contribution in [-0.2, 0) is 6.54 Å². The summed E-state index contributed by atoms with van der Waals surface area (Å²) in [5, 5.41) is 2.68. The second-order valence-electron chi connectivity index (χ2n) is 5.59. The maximum Gasteiger partial charge on any atom is 0.273 e. The summed E-state index contributed by atoms with van der Waals surface area (Å²) in [5.41, 5.74) is 6.14. The molecule has 2 N–H and O–H groups in total. The van der Waals surface area contributed by atoms with Crippen LogP contribution in [0.15, 0.2) is 5.38 Å². The van der Waals surface area contributed by atoms with Crippen molar-refractivity contribution < 1.29 is 4.79 Å². The highest BCUT2D eigenvalue weighted by molar-refractivity contribution is 7.09. The molecule has 0 aromatic carbocycles. The number of hydrogen-bond acceptors (Lipinski definition) is 4. The average molecular weight is 295 g/mol. The Morgan fingerprint density at radius 2 is 2.20 bits per heavy atom. The van der Waals surface area contributed by atoms with Gasteiger partial charge in [0.2, 0.25) is 0 Å². The molecule has 1 aliphatic carbocycles. The number of thiazole rings is 1. The molecule has 0 bridgehead atoms. The molecule has 0 spiro atoms. The molecule has 1 aliphatic rings. The average Bonchev–Trinajstić information content (AvgIpc) is 2.96. The van der Waals surface area contributed by atoms with E-state index in [0.717, 1.165) is 24.5 Å². The summed E-state index contributed by atoms with van der Waals surface area (Å²) in [7, 11) is 0. The normalized spacial score (nSPS) is 16.3. The van der Waals surface area contributed by atoms with Crippen molar-refractivity contribution in [3.63, 3.8) is 0 Å². The summed E-state index contributed by atoms with van der Waals surface area (Å²) in [4.78, 5) is 18.9. The maximum absolute atomic E-state index is 12.6. The minimum atomic E-state index is 0.0772. The monoisotopic (exact) mass is 295 g/mol. The molecular formula is C15H25N3OS. The number of carbonyl (C=O) groups excluding carboxylic acids is 1. The lowest BCUT2D eigenvalue weighted by molar-refractivity contribution is 0.0708. The second-order valence-corrected chi connectivity index (χ2v) is 6.53. The van der Waals surface area contributed by atoms with Crippen LogP contribution in [0.4, 0.5) is 0 Å². The minimum Gasteiger partial charge on any atom is -0.337 e. The molecule has 0 atom stereocenters. The Bertz CT molecular complexity index is 427. The van der Waals surface area contributed by atoms with E-state index in [1.54, 1.807) is 0 Å². The van der Waals surface area contributed by atoms with Crippen LogP contribution in [0.5, 0.6) is 0 Å². The van der Waals surface area contributed by atoms with Gasteiger partial charge in [-0.15, -0.1) is 11.3 Å². The predicted octanol–water partition coefficient (Wildman–Crippen LogP) is 3.03. The molecule has 1 fully saturated rings. The Hall–Kier alpha value is -0.940. The molecule has 1 amide bonds. The summed E-state index contributed by atoms with van der Waals surface area (Å²) in [5.74, 6) is 0.750. The molecule has 20 heavy (non-hydrogen) atoms. The third kappa shape index (κ3) is 4.03. The number of nitrogens with two attached hydrogens (primary N) is 1. The van der Waals surface area contributed by atoms with E-state index >= 15 is 0 Å². The standard InChI is InChI=1S/C15H25N3OS/c1-2-8-18(10-12-6-4-3-5-7-12)15(19)13-11-20-14(9-16)17-13/h11-12H,2-10,16H2,1H3. The molecule has 0 radical (unpaired) electrons. The quantitative estimate of drug-likeness (QED) is 0.877. The van der Waals surface area contributed by atoms with Crippen molar-refractivity contribution in [1.82, 2.24) is 9.88 Å². The molecule has 1 heterocycles. The number of carbonyl (C=O) groups is 1. The van der Waals surface area contributed by atoms with E-state index in [0.29, 0.717) is 18.2 Å². The molecule has 0 aliphatic heterocycles. The Balaban J connectivity index is 2.00. The van der Waals surface area contributed by atoms with Gasteiger partial charge in [0.1, 0.15) is 10.7 Å². The summed E-state index contributed by atoms with van der Waals surface area (Å²) >= 11 is 1.48. The molecule has 4 nitrogen and oxygen atoms in total. The zero-order valence-electron chi connectivity index (χ0n) is 12.3. The number of nitrogens with zero attached hydrogens (tertiary/aromatic N) is 2. The summed E-state index contributed by atoms with van der Waals surface area (Å²) in [6, 6.07) is 0. The van der Waals surface area contributed by atoms with Crippen LogP contribution in [0.25, 0.3) is 0 Å². The first-order valence-electron chi connectivity index (χ1n) is 7.68. The Morgan fingerprint density at radius 1 is 1.45 bits per heavy atom. The van der Waals surface area contributed by atoms with E-state index in [1.807, 2.05) is 10.3 Å². The van der Waals surface area contributed by atoms with Crippen molar-refractivity contribution in [2.45, 2.75) is 52.0 Å². The topological polar surface area (TPSA) is 59.2 Å². The highest BCUT2D eigenvalue weighted by Crippen LogP contribution is 2.25. The van der Waals surface area contributed by atoms with Crippen molar-refractivity contribution in [2.75, 3.05) is 13.1 Å². The third-order valence-electron chi connectivity index (χ3n) is 3.93. The molecular weight excluding hydrogens is 270 g/mol. The first kappa shape index (κ1) is 15.4. The number of aromatic nitrogens is 1. The van der Waals surface area contributed by atoms with Gasteiger partial charge in [0.05, 0.1) is 0 Å². The smallest absolute Gasteiger partial charge is 0.273 e. The van der Waals surface area contributed by atoms with Crippen molar-refractivity contribution in [2.24, 2.45) is 11.7 Å². The van der Waals surface area contributed by atoms with Gasteiger partial charge in [-0.3, -0.25) is 4.79 Å². The molecule has 1 saturated carbocycles. The van der Waals surface area contributed by atoms with Crippen LogP contribution in [-0.4, -0.2) is 28.9 Å². The highest BCUT2D eigenvalue weighted by atomic mass is 32.1. The molecule has 5 heteroatoms. The van der Waals surface area contributed by atoms with Gasteiger partial charge in [0, 0.05) is 25.0 Å². The zero-order valence-corrected chi connectivity index (χ0v) is 13.1. The zero-order chi connectivity index (χ0) is 14.4. The van der Waals surface area contributed by atoms with E-state index in [2.05, 4.69) is 11.9 Å². The summed E-state index contributed by atoms with van der Waals surface area (Å²) in [6.45, 7) is 4.24. The van der Waals surface area contributed by atoms with E-state index < -0.39 is 0 Å². The van der Waals surface area contributed by atoms with Crippen molar-refractivity contribution >= 4 is 17.2 Å². The van der Waals surface area contributed by atoms with Gasteiger partial charge in [-0.1, -0.05) is 26.2 Å². The first-order valence-corrected chi connectivity index (χ1v) is 8.56. The van der Waals surface area contributed by atoms with E-state index in [-0.39, 0.29) is 5.91 Å². The Kier molecular flexibility index (Phi) is 5.98. The Morgan fingerprint density at radius 3 is 2.80 bits per heavy atom. The SMILES string of the molecule is CCCN(CC1CCCCC1)C(=O)c1csc(CN)n1. The molecule has 1 aromatic heterocycles. The van der Waals surface area contributed by atoms with Crippen LogP contribution in [0.1, 0.15) is 60.9 Å². The fraction of sp³-hybridized carbons (Fsp3) is 0.733. The van der Waals surface area contributed by atoms with Crippen molar-refractivity contribution in [3.05, 3.63) is 16.1 Å². The maximum atomic E-state index is 12.6. The van der Waals surface area contributed by atoms with Gasteiger partial charge in [-0.25, -0.2) is 4.98 Å². The molecule has 1 aromatic rings. The van der Waals surface area contributed by atoms with Gasteiger partial charge in [0.25, 0.3) is 5.91 Å². The number of amides is 1. The largest absolute Gasteiger partial charge is 0.337 e. The second kappa shape index (κ2) is 7.74. The van der Waals surface area contributed by atoms with Crippen molar-refractivity contribution in [3.8, 4) is 0 Å². The Labute approximate surface area is 125 Å². The van der Waals surface area contributed by atoms with Crippen LogP contribution < -0.4 is 5.73 Å². The van der Waals surface area contributed by atoms with E-state index in [4.69, 9.17) is 5.73 Å². The van der Waals surface area contributed by atoms with Gasteiger partial charge in [-0.05, 0) is 25.2 Å². The van der Waals surface area contributed by atoms with E-state index in [9.17, 15) is 4.79 Å². The summed E-state index contributed by atoms with van der Waals surface area (Å²) < 4.78 is 0. The highest BCUT2D eigenvalue weighted by Gasteiger charge is 2.22.